The van der Waals surface area contributed by atoms with Gasteiger partial charge in [0.25, 0.3) is 5.91 Å². The lowest BCUT2D eigenvalue weighted by atomic mass is 9.93. The minimum atomic E-state index is -0.222. The topological polar surface area (TPSA) is 73.8 Å². The van der Waals surface area contributed by atoms with Gasteiger partial charge in [-0.1, -0.05) is 42.1 Å². The van der Waals surface area contributed by atoms with Crippen LogP contribution in [0.4, 0.5) is 11.4 Å². The van der Waals surface area contributed by atoms with Crippen LogP contribution in [0.1, 0.15) is 31.9 Å². The molecule has 0 spiro atoms. The molecule has 2 aromatic rings. The van der Waals surface area contributed by atoms with Crippen LogP contribution >= 0.6 is 11.8 Å². The van der Waals surface area contributed by atoms with Gasteiger partial charge in [-0.25, -0.2) is 4.99 Å². The third kappa shape index (κ3) is 4.26. The number of nitrogens with zero attached hydrogens (tertiary/aromatic N) is 2. The second kappa shape index (κ2) is 8.75. The van der Waals surface area contributed by atoms with Crippen LogP contribution in [0.3, 0.4) is 0 Å². The number of benzene rings is 2. The minimum Gasteiger partial charge on any atom is -0.340 e. The van der Waals surface area contributed by atoms with Crippen molar-refractivity contribution in [1.29, 1.82) is 0 Å². The molecule has 0 aromatic heterocycles. The Balaban J connectivity index is 1.71. The molecule has 0 aliphatic carbocycles. The monoisotopic (exact) mass is 420 g/mol. The highest BCUT2D eigenvalue weighted by Crippen LogP contribution is 2.40. The first-order valence-corrected chi connectivity index (χ1v) is 10.9. The molecule has 4 rings (SSSR count). The molecule has 30 heavy (non-hydrogen) atoms. The van der Waals surface area contributed by atoms with Gasteiger partial charge < -0.3 is 15.5 Å². The van der Waals surface area contributed by atoms with E-state index in [1.807, 2.05) is 61.5 Å². The third-order valence-electron chi connectivity index (χ3n) is 5.08. The Bertz CT molecular complexity index is 1020. The van der Waals surface area contributed by atoms with Crippen LogP contribution in [0.15, 0.2) is 70.9 Å². The maximum Gasteiger partial charge on any atom is 0.255 e. The molecule has 1 saturated heterocycles. The van der Waals surface area contributed by atoms with Crippen molar-refractivity contribution >= 4 is 40.1 Å². The number of carbonyl (C=O) groups is 2. The average Bonchev–Trinajstić information content (AvgIpc) is 2.73. The molecule has 0 radical (unpaired) electrons. The highest BCUT2D eigenvalue weighted by molar-refractivity contribution is 8.13. The second-order valence-electron chi connectivity index (χ2n) is 7.31. The maximum atomic E-state index is 13.3. The van der Waals surface area contributed by atoms with Gasteiger partial charge in [0, 0.05) is 30.6 Å². The van der Waals surface area contributed by atoms with Gasteiger partial charge in [-0.05, 0) is 43.2 Å². The number of para-hydroxylation sites is 1. The normalized spacial score (nSPS) is 18.4. The molecule has 1 unspecified atom stereocenters. The van der Waals surface area contributed by atoms with Crippen LogP contribution in [0.25, 0.3) is 0 Å². The quantitative estimate of drug-likeness (QED) is 0.769. The summed E-state index contributed by atoms with van der Waals surface area (Å²) < 4.78 is 0. The first-order valence-electron chi connectivity index (χ1n) is 9.96. The van der Waals surface area contributed by atoms with E-state index in [9.17, 15) is 9.59 Å². The molecule has 1 atom stereocenters. The van der Waals surface area contributed by atoms with Crippen LogP contribution in [-0.4, -0.2) is 34.2 Å². The van der Waals surface area contributed by atoms with E-state index in [-0.39, 0.29) is 17.9 Å². The molecule has 0 saturated carbocycles. The van der Waals surface area contributed by atoms with Gasteiger partial charge >= 0.3 is 0 Å². The lowest BCUT2D eigenvalue weighted by Gasteiger charge is -2.40. The summed E-state index contributed by atoms with van der Waals surface area (Å²) >= 11 is 1.73. The van der Waals surface area contributed by atoms with E-state index in [2.05, 4.69) is 15.5 Å². The number of thioether (sulfide) groups is 1. The molecule has 1 fully saturated rings. The number of nitrogens with one attached hydrogen (secondary N) is 2. The zero-order valence-electron chi connectivity index (χ0n) is 17.0. The number of amides is 2. The van der Waals surface area contributed by atoms with Crippen LogP contribution in [0.2, 0.25) is 0 Å². The Morgan fingerprint density at radius 1 is 1.03 bits per heavy atom. The second-order valence-corrected chi connectivity index (χ2v) is 8.38. The van der Waals surface area contributed by atoms with Crippen molar-refractivity contribution in [3.05, 3.63) is 71.4 Å². The molecule has 2 amide bonds. The molecule has 0 bridgehead atoms. The molecule has 2 N–H and O–H groups in total. The molecule has 6 nitrogen and oxygen atoms in total. The Labute approximate surface area is 180 Å². The zero-order valence-corrected chi connectivity index (χ0v) is 17.8. The number of amidine groups is 1. The largest absolute Gasteiger partial charge is 0.340 e. The van der Waals surface area contributed by atoms with Crippen LogP contribution in [-0.2, 0) is 9.59 Å². The lowest BCUT2D eigenvalue weighted by Crippen LogP contribution is -2.43. The fraction of sp³-hybridized carbons (Fsp3) is 0.261. The summed E-state index contributed by atoms with van der Waals surface area (Å²) in [5.74, 6) is 0.775. The summed E-state index contributed by atoms with van der Waals surface area (Å²) in [7, 11) is 0. The Kier molecular flexibility index (Phi) is 5.90. The highest BCUT2D eigenvalue weighted by Gasteiger charge is 2.37. The summed E-state index contributed by atoms with van der Waals surface area (Å²) in [4.78, 5) is 31.6. The van der Waals surface area contributed by atoms with Crippen molar-refractivity contribution < 1.29 is 9.59 Å². The maximum absolute atomic E-state index is 13.3. The van der Waals surface area contributed by atoms with Gasteiger partial charge in [0.1, 0.15) is 0 Å². The first kappa shape index (κ1) is 20.2. The van der Waals surface area contributed by atoms with Crippen molar-refractivity contribution in [2.45, 2.75) is 26.3 Å². The predicted molar refractivity (Wildman–Crippen MR) is 122 cm³/mol. The highest BCUT2D eigenvalue weighted by atomic mass is 32.2. The number of fused-ring (bicyclic) bond motifs is 1. The van der Waals surface area contributed by atoms with Gasteiger partial charge in [-0.2, -0.15) is 0 Å². The third-order valence-corrected chi connectivity index (χ3v) is 6.16. The van der Waals surface area contributed by atoms with Crippen molar-refractivity contribution in [2.24, 2.45) is 4.99 Å². The standard InChI is InChI=1S/C23H24N4O2S/c1-15-20(22(29)26-18-7-4-3-5-8-18)21(27-13-6-14-30-23(27)24-15)17-9-11-19(12-10-17)25-16(2)28/h3-5,7-12,21H,6,13-14H2,1-2H3,(H,25,28)(H,26,29). The van der Waals surface area contributed by atoms with E-state index in [1.165, 1.54) is 6.92 Å². The number of hydrogen-bond acceptors (Lipinski definition) is 5. The van der Waals surface area contributed by atoms with Crippen LogP contribution in [0, 0.1) is 0 Å². The zero-order chi connectivity index (χ0) is 21.1. The number of allylic oxidation sites excluding steroid dienone is 1. The summed E-state index contributed by atoms with van der Waals surface area (Å²) in [5, 5.41) is 6.78. The molecule has 7 heteroatoms. The van der Waals surface area contributed by atoms with Crippen molar-refractivity contribution in [3.8, 4) is 0 Å². The molecular formula is C23H24N4O2S. The number of anilines is 2. The van der Waals surface area contributed by atoms with Crippen molar-refractivity contribution in [2.75, 3.05) is 22.9 Å². The first-order chi connectivity index (χ1) is 14.5. The Morgan fingerprint density at radius 3 is 2.43 bits per heavy atom. The summed E-state index contributed by atoms with van der Waals surface area (Å²) in [6.07, 6.45) is 1.04. The number of aliphatic imine (C=N–C) groups is 1. The molecule has 154 valence electrons. The van der Waals surface area contributed by atoms with Crippen LogP contribution < -0.4 is 10.6 Å². The van der Waals surface area contributed by atoms with E-state index >= 15 is 0 Å². The smallest absolute Gasteiger partial charge is 0.255 e. The summed E-state index contributed by atoms with van der Waals surface area (Å²) in [5.41, 5.74) is 3.87. The van der Waals surface area contributed by atoms with E-state index in [1.54, 1.807) is 11.8 Å². The molecule has 2 heterocycles. The van der Waals surface area contributed by atoms with Gasteiger partial charge in [0.05, 0.1) is 17.3 Å². The SMILES string of the molecule is CC(=O)Nc1ccc(C2C(C(=O)Nc3ccccc3)=C(C)N=C3SCCCN32)cc1. The number of carbonyl (C=O) groups excluding carboxylic acids is 2. The number of hydrogen-bond donors (Lipinski definition) is 2. The molecule has 2 aliphatic heterocycles. The lowest BCUT2D eigenvalue weighted by molar-refractivity contribution is -0.114. The summed E-state index contributed by atoms with van der Waals surface area (Å²) in [6.45, 7) is 4.23. The van der Waals surface area contributed by atoms with Crippen molar-refractivity contribution in [1.82, 2.24) is 4.90 Å². The van der Waals surface area contributed by atoms with Crippen molar-refractivity contribution in [3.63, 3.8) is 0 Å². The van der Waals surface area contributed by atoms with E-state index < -0.39 is 0 Å². The van der Waals surface area contributed by atoms with Gasteiger partial charge in [-0.15, -0.1) is 0 Å². The van der Waals surface area contributed by atoms with Crippen LogP contribution in [0.5, 0.6) is 0 Å². The average molecular weight is 421 g/mol. The number of rotatable bonds is 4. The Morgan fingerprint density at radius 2 is 1.73 bits per heavy atom. The minimum absolute atomic E-state index is 0.110. The predicted octanol–water partition coefficient (Wildman–Crippen LogP) is 4.41. The van der Waals surface area contributed by atoms with E-state index in [0.717, 1.165) is 46.5 Å². The van der Waals surface area contributed by atoms with Gasteiger partial charge in [-0.3, -0.25) is 9.59 Å². The molecular weight excluding hydrogens is 396 g/mol. The molecule has 2 aliphatic rings. The van der Waals surface area contributed by atoms with Gasteiger partial charge in [0.15, 0.2) is 5.17 Å². The summed E-state index contributed by atoms with van der Waals surface area (Å²) in [6, 6.07) is 16.9. The van der Waals surface area contributed by atoms with E-state index in [0.29, 0.717) is 5.57 Å². The van der Waals surface area contributed by atoms with Gasteiger partial charge in [0.2, 0.25) is 5.91 Å². The molecule has 2 aromatic carbocycles. The fourth-order valence-corrected chi connectivity index (χ4v) is 4.80. The van der Waals surface area contributed by atoms with E-state index in [4.69, 9.17) is 4.99 Å². The fourth-order valence-electron chi connectivity index (χ4n) is 3.78. The Hall–Kier alpha value is -3.06.